The SMILES string of the molecule is CNC1CCc2c(-c3cc4cc(F)ccc4o3)cccc21. The molecule has 1 heterocycles. The lowest BCUT2D eigenvalue weighted by atomic mass is 10.0. The molecule has 0 amide bonds. The number of fused-ring (bicyclic) bond motifs is 2. The summed E-state index contributed by atoms with van der Waals surface area (Å²) in [7, 11) is 2.00. The summed E-state index contributed by atoms with van der Waals surface area (Å²) in [4.78, 5) is 0. The Kier molecular flexibility index (Phi) is 2.82. The molecule has 1 aromatic heterocycles. The zero-order valence-electron chi connectivity index (χ0n) is 11.8. The van der Waals surface area contributed by atoms with Crippen LogP contribution in [0.1, 0.15) is 23.6 Å². The fraction of sp³-hybridized carbons (Fsp3) is 0.222. The van der Waals surface area contributed by atoms with E-state index in [4.69, 9.17) is 4.42 Å². The fourth-order valence-electron chi connectivity index (χ4n) is 3.33. The van der Waals surface area contributed by atoms with Gasteiger partial charge in [0.2, 0.25) is 0 Å². The molecule has 0 aliphatic heterocycles. The minimum atomic E-state index is -0.233. The lowest BCUT2D eigenvalue weighted by molar-refractivity contribution is 0.590. The second-order valence-corrected chi connectivity index (χ2v) is 5.55. The minimum absolute atomic E-state index is 0.233. The van der Waals surface area contributed by atoms with Gasteiger partial charge in [-0.3, -0.25) is 0 Å². The highest BCUT2D eigenvalue weighted by Gasteiger charge is 2.24. The van der Waals surface area contributed by atoms with Crippen molar-refractivity contribution in [3.05, 3.63) is 59.4 Å². The van der Waals surface area contributed by atoms with Gasteiger partial charge in [-0.25, -0.2) is 4.39 Å². The van der Waals surface area contributed by atoms with Crippen LogP contribution in [0.4, 0.5) is 4.39 Å². The molecule has 21 heavy (non-hydrogen) atoms. The number of benzene rings is 2. The van der Waals surface area contributed by atoms with Gasteiger partial charge in [0, 0.05) is 17.0 Å². The van der Waals surface area contributed by atoms with Crippen LogP contribution < -0.4 is 5.32 Å². The minimum Gasteiger partial charge on any atom is -0.456 e. The molecule has 1 unspecified atom stereocenters. The molecule has 2 nitrogen and oxygen atoms in total. The average Bonchev–Trinajstić information content (AvgIpc) is 3.09. The second-order valence-electron chi connectivity index (χ2n) is 5.55. The normalized spacial score (nSPS) is 17.3. The fourth-order valence-corrected chi connectivity index (χ4v) is 3.33. The van der Waals surface area contributed by atoms with E-state index in [1.165, 1.54) is 23.3 Å². The van der Waals surface area contributed by atoms with Crippen molar-refractivity contribution in [3.63, 3.8) is 0 Å². The van der Waals surface area contributed by atoms with Crippen molar-refractivity contribution in [3.8, 4) is 11.3 Å². The van der Waals surface area contributed by atoms with E-state index in [1.807, 2.05) is 13.1 Å². The summed E-state index contributed by atoms with van der Waals surface area (Å²) in [6.07, 6.45) is 2.15. The van der Waals surface area contributed by atoms with Crippen molar-refractivity contribution >= 4 is 11.0 Å². The third-order valence-corrected chi connectivity index (χ3v) is 4.36. The maximum Gasteiger partial charge on any atom is 0.135 e. The van der Waals surface area contributed by atoms with Crippen LogP contribution in [0.3, 0.4) is 0 Å². The predicted molar refractivity (Wildman–Crippen MR) is 81.7 cm³/mol. The first-order valence-electron chi connectivity index (χ1n) is 7.25. The summed E-state index contributed by atoms with van der Waals surface area (Å²) in [6.45, 7) is 0. The summed E-state index contributed by atoms with van der Waals surface area (Å²) >= 11 is 0. The summed E-state index contributed by atoms with van der Waals surface area (Å²) in [5, 5.41) is 4.16. The second kappa shape index (κ2) is 4.71. The van der Waals surface area contributed by atoms with Gasteiger partial charge in [0.1, 0.15) is 17.2 Å². The predicted octanol–water partition coefficient (Wildman–Crippen LogP) is 4.45. The molecule has 2 aromatic carbocycles. The van der Waals surface area contributed by atoms with E-state index < -0.39 is 0 Å². The van der Waals surface area contributed by atoms with E-state index in [1.54, 1.807) is 6.07 Å². The van der Waals surface area contributed by atoms with Gasteiger partial charge < -0.3 is 9.73 Å². The van der Waals surface area contributed by atoms with Crippen molar-refractivity contribution in [2.24, 2.45) is 0 Å². The number of hydrogen-bond donors (Lipinski definition) is 1. The number of halogens is 1. The molecule has 106 valence electrons. The van der Waals surface area contributed by atoms with Crippen molar-refractivity contribution in [1.82, 2.24) is 5.32 Å². The largest absolute Gasteiger partial charge is 0.456 e. The van der Waals surface area contributed by atoms with Gasteiger partial charge in [-0.05, 0) is 55.3 Å². The Bertz CT molecular complexity index is 821. The quantitative estimate of drug-likeness (QED) is 0.751. The molecule has 3 heteroatoms. The maximum atomic E-state index is 13.3. The van der Waals surface area contributed by atoms with E-state index in [2.05, 4.69) is 23.5 Å². The molecule has 0 saturated heterocycles. The van der Waals surface area contributed by atoms with Crippen LogP contribution in [0.15, 0.2) is 46.9 Å². The van der Waals surface area contributed by atoms with Crippen LogP contribution in [0.2, 0.25) is 0 Å². The molecule has 0 spiro atoms. The van der Waals surface area contributed by atoms with Crippen LogP contribution >= 0.6 is 0 Å². The highest BCUT2D eigenvalue weighted by molar-refractivity contribution is 5.83. The van der Waals surface area contributed by atoms with Gasteiger partial charge >= 0.3 is 0 Å². The third-order valence-electron chi connectivity index (χ3n) is 4.36. The number of furan rings is 1. The number of rotatable bonds is 2. The molecule has 0 fully saturated rings. The molecule has 0 saturated carbocycles. The van der Waals surface area contributed by atoms with E-state index in [0.717, 1.165) is 35.1 Å². The molecular formula is C18H16FNO. The third kappa shape index (κ3) is 1.96. The smallest absolute Gasteiger partial charge is 0.135 e. The molecule has 3 aromatic rings. The van der Waals surface area contributed by atoms with Crippen molar-refractivity contribution < 1.29 is 8.81 Å². The Labute approximate surface area is 122 Å². The van der Waals surface area contributed by atoms with Crippen LogP contribution in [0, 0.1) is 5.82 Å². The highest BCUT2D eigenvalue weighted by atomic mass is 19.1. The molecule has 1 atom stereocenters. The Balaban J connectivity index is 1.88. The topological polar surface area (TPSA) is 25.2 Å². The van der Waals surface area contributed by atoms with Crippen molar-refractivity contribution in [2.45, 2.75) is 18.9 Å². The molecule has 0 bridgehead atoms. The first kappa shape index (κ1) is 12.6. The highest BCUT2D eigenvalue weighted by Crippen LogP contribution is 2.39. The standard InChI is InChI=1S/C18H16FNO/c1-20-16-7-6-13-14(16)3-2-4-15(13)18-10-11-9-12(19)5-8-17(11)21-18/h2-5,8-10,16,20H,6-7H2,1H3. The van der Waals surface area contributed by atoms with Crippen molar-refractivity contribution in [2.75, 3.05) is 7.05 Å². The first-order valence-corrected chi connectivity index (χ1v) is 7.25. The zero-order valence-corrected chi connectivity index (χ0v) is 11.8. The van der Waals surface area contributed by atoms with Crippen LogP contribution in [0.25, 0.3) is 22.3 Å². The van der Waals surface area contributed by atoms with Gasteiger partial charge in [0.15, 0.2) is 0 Å². The van der Waals surface area contributed by atoms with E-state index >= 15 is 0 Å². The van der Waals surface area contributed by atoms with Crippen LogP contribution in [0.5, 0.6) is 0 Å². The monoisotopic (exact) mass is 281 g/mol. The molecule has 4 rings (SSSR count). The molecule has 1 aliphatic rings. The van der Waals surface area contributed by atoms with Gasteiger partial charge in [-0.15, -0.1) is 0 Å². The van der Waals surface area contributed by atoms with Gasteiger partial charge in [-0.1, -0.05) is 18.2 Å². The summed E-state index contributed by atoms with van der Waals surface area (Å²) in [5.41, 5.74) is 4.55. The Hall–Kier alpha value is -2.13. The lowest BCUT2D eigenvalue weighted by Gasteiger charge is -2.10. The Morgan fingerprint density at radius 1 is 1.19 bits per heavy atom. The Morgan fingerprint density at radius 3 is 2.95 bits per heavy atom. The maximum absolute atomic E-state index is 13.3. The first-order chi connectivity index (χ1) is 10.3. The lowest BCUT2D eigenvalue weighted by Crippen LogP contribution is -2.12. The summed E-state index contributed by atoms with van der Waals surface area (Å²) < 4.78 is 19.2. The molecule has 0 radical (unpaired) electrons. The summed E-state index contributed by atoms with van der Waals surface area (Å²) in [5.74, 6) is 0.590. The van der Waals surface area contributed by atoms with E-state index in [0.29, 0.717) is 6.04 Å². The van der Waals surface area contributed by atoms with E-state index in [9.17, 15) is 4.39 Å². The number of nitrogens with one attached hydrogen (secondary N) is 1. The van der Waals surface area contributed by atoms with Gasteiger partial charge in [0.05, 0.1) is 0 Å². The number of hydrogen-bond acceptors (Lipinski definition) is 2. The Morgan fingerprint density at radius 2 is 2.10 bits per heavy atom. The van der Waals surface area contributed by atoms with Crippen molar-refractivity contribution in [1.29, 1.82) is 0 Å². The molecule has 1 N–H and O–H groups in total. The molecule has 1 aliphatic carbocycles. The van der Waals surface area contributed by atoms with E-state index in [-0.39, 0.29) is 5.82 Å². The zero-order chi connectivity index (χ0) is 14.4. The molecular weight excluding hydrogens is 265 g/mol. The van der Waals surface area contributed by atoms with Crippen LogP contribution in [-0.4, -0.2) is 7.05 Å². The summed E-state index contributed by atoms with van der Waals surface area (Å²) in [6, 6.07) is 13.3. The van der Waals surface area contributed by atoms with Gasteiger partial charge in [-0.2, -0.15) is 0 Å². The average molecular weight is 281 g/mol. The van der Waals surface area contributed by atoms with Gasteiger partial charge in [0.25, 0.3) is 0 Å². The van der Waals surface area contributed by atoms with Crippen LogP contribution in [-0.2, 0) is 6.42 Å².